The molecule has 7 nitrogen and oxygen atoms in total. The van der Waals surface area contributed by atoms with Crippen LogP contribution in [0.2, 0.25) is 0 Å². The van der Waals surface area contributed by atoms with E-state index in [-0.39, 0.29) is 12.4 Å². The van der Waals surface area contributed by atoms with Gasteiger partial charge in [0.25, 0.3) is 0 Å². The summed E-state index contributed by atoms with van der Waals surface area (Å²) in [6, 6.07) is 0. The fourth-order valence-electron chi connectivity index (χ4n) is 0.514. The molecule has 0 spiro atoms. The van der Waals surface area contributed by atoms with Gasteiger partial charge in [0.1, 0.15) is 5.75 Å². The fraction of sp³-hybridized carbons (Fsp3) is 0.600. The van der Waals surface area contributed by atoms with Crippen LogP contribution in [-0.4, -0.2) is 43.9 Å². The molecule has 4 N–H and O–H groups in total. The molecule has 8 heteroatoms. The van der Waals surface area contributed by atoms with Crippen LogP contribution in [0, 0.1) is 0 Å². The Bertz CT molecular complexity index is 308. The van der Waals surface area contributed by atoms with Crippen molar-refractivity contribution in [2.75, 3.05) is 18.6 Å². The summed E-state index contributed by atoms with van der Waals surface area (Å²) in [5.41, 5.74) is 5.02. The van der Waals surface area contributed by atoms with Crippen molar-refractivity contribution in [1.82, 2.24) is 5.32 Å². The van der Waals surface area contributed by atoms with E-state index in [0.29, 0.717) is 0 Å². The van der Waals surface area contributed by atoms with E-state index in [1.807, 2.05) is 0 Å². The van der Waals surface area contributed by atoms with Crippen molar-refractivity contribution in [1.29, 1.82) is 0 Å². The molecule has 0 heterocycles. The Kier molecular flexibility index (Phi) is 4.18. The molecule has 0 saturated heterocycles. The molecule has 0 rings (SSSR count). The minimum atomic E-state index is -3.33. The highest BCUT2D eigenvalue weighted by Crippen LogP contribution is 1.81. The SMILES string of the molecule is CS(=O)(=O)CC(=O)NCC(N)=NO. The van der Waals surface area contributed by atoms with Gasteiger partial charge >= 0.3 is 0 Å². The molecule has 1 amide bonds. The second kappa shape index (κ2) is 4.65. The lowest BCUT2D eigenvalue weighted by Crippen LogP contribution is -2.36. The van der Waals surface area contributed by atoms with Crippen LogP contribution in [0.4, 0.5) is 0 Å². The predicted molar refractivity (Wildman–Crippen MR) is 46.1 cm³/mol. The molecule has 0 atom stereocenters. The van der Waals surface area contributed by atoms with Crippen molar-refractivity contribution in [3.63, 3.8) is 0 Å². The first-order valence-corrected chi connectivity index (χ1v) is 5.32. The smallest absolute Gasteiger partial charge is 0.235 e. The van der Waals surface area contributed by atoms with Gasteiger partial charge in [0, 0.05) is 6.26 Å². The number of sulfone groups is 1. The number of nitrogens with two attached hydrogens (primary N) is 1. The Hall–Kier alpha value is -1.31. The van der Waals surface area contributed by atoms with Crippen LogP contribution in [0.5, 0.6) is 0 Å². The van der Waals surface area contributed by atoms with E-state index < -0.39 is 21.5 Å². The highest BCUT2D eigenvalue weighted by Gasteiger charge is 2.10. The number of carbonyl (C=O) groups is 1. The number of oxime groups is 1. The van der Waals surface area contributed by atoms with Crippen LogP contribution in [0.3, 0.4) is 0 Å². The summed E-state index contributed by atoms with van der Waals surface area (Å²) >= 11 is 0. The Balaban J connectivity index is 3.91. The van der Waals surface area contributed by atoms with Crippen LogP contribution in [0.25, 0.3) is 0 Å². The largest absolute Gasteiger partial charge is 0.409 e. The number of carbonyl (C=O) groups excluding carboxylic acids is 1. The highest BCUT2D eigenvalue weighted by atomic mass is 32.2. The monoisotopic (exact) mass is 209 g/mol. The van der Waals surface area contributed by atoms with Crippen molar-refractivity contribution in [2.24, 2.45) is 10.9 Å². The van der Waals surface area contributed by atoms with E-state index in [1.54, 1.807) is 0 Å². The van der Waals surface area contributed by atoms with Gasteiger partial charge in [0.05, 0.1) is 6.54 Å². The minimum absolute atomic E-state index is 0.176. The number of hydrogen-bond donors (Lipinski definition) is 3. The third-order valence-corrected chi connectivity index (χ3v) is 1.77. The van der Waals surface area contributed by atoms with E-state index in [4.69, 9.17) is 10.9 Å². The van der Waals surface area contributed by atoms with Gasteiger partial charge in [-0.25, -0.2) is 8.42 Å². The number of rotatable bonds is 4. The van der Waals surface area contributed by atoms with Gasteiger partial charge in [-0.15, -0.1) is 0 Å². The van der Waals surface area contributed by atoms with Crippen LogP contribution >= 0.6 is 0 Å². The lowest BCUT2D eigenvalue weighted by atomic mass is 10.5. The number of amides is 1. The molecule has 76 valence electrons. The van der Waals surface area contributed by atoms with E-state index in [0.717, 1.165) is 6.26 Å². The zero-order valence-electron chi connectivity index (χ0n) is 7.02. The molecule has 0 aromatic heterocycles. The molecular weight excluding hydrogens is 198 g/mol. The van der Waals surface area contributed by atoms with Crippen LogP contribution in [0.15, 0.2) is 5.16 Å². The van der Waals surface area contributed by atoms with Crippen molar-refractivity contribution in [3.05, 3.63) is 0 Å². The van der Waals surface area contributed by atoms with Gasteiger partial charge < -0.3 is 16.3 Å². The van der Waals surface area contributed by atoms with Crippen LogP contribution < -0.4 is 11.1 Å². The Morgan fingerprint density at radius 3 is 2.54 bits per heavy atom. The molecule has 0 aromatic carbocycles. The second-order valence-electron chi connectivity index (χ2n) is 2.44. The maximum Gasteiger partial charge on any atom is 0.235 e. The second-order valence-corrected chi connectivity index (χ2v) is 4.58. The highest BCUT2D eigenvalue weighted by molar-refractivity contribution is 7.91. The van der Waals surface area contributed by atoms with Gasteiger partial charge in [0.2, 0.25) is 5.91 Å². The molecule has 0 aliphatic heterocycles. The lowest BCUT2D eigenvalue weighted by Gasteiger charge is -2.01. The number of amidine groups is 1. The summed E-state index contributed by atoms with van der Waals surface area (Å²) in [6.45, 7) is -0.176. The lowest BCUT2D eigenvalue weighted by molar-refractivity contribution is -0.118. The quantitative estimate of drug-likeness (QED) is 0.212. The summed E-state index contributed by atoms with van der Waals surface area (Å²) in [4.78, 5) is 10.8. The zero-order valence-corrected chi connectivity index (χ0v) is 7.84. The van der Waals surface area contributed by atoms with E-state index >= 15 is 0 Å². The molecule has 0 aromatic rings. The third-order valence-electron chi connectivity index (χ3n) is 0.988. The zero-order chi connectivity index (χ0) is 10.5. The molecule has 0 aliphatic carbocycles. The first kappa shape index (κ1) is 11.7. The van der Waals surface area contributed by atoms with Gasteiger partial charge in [-0.2, -0.15) is 0 Å². The van der Waals surface area contributed by atoms with Gasteiger partial charge in [0.15, 0.2) is 15.7 Å². The first-order valence-electron chi connectivity index (χ1n) is 3.26. The molecule has 0 fully saturated rings. The van der Waals surface area contributed by atoms with Gasteiger partial charge in [-0.1, -0.05) is 5.16 Å². The van der Waals surface area contributed by atoms with Crippen molar-refractivity contribution in [3.8, 4) is 0 Å². The summed E-state index contributed by atoms with van der Waals surface area (Å²) in [7, 11) is -3.33. The average molecular weight is 209 g/mol. The van der Waals surface area contributed by atoms with Gasteiger partial charge in [-0.3, -0.25) is 4.79 Å². The average Bonchev–Trinajstić information content (AvgIpc) is 1.97. The standard InChI is InChI=1S/C5H11N3O4S/c1-13(11,12)3-5(9)7-2-4(6)8-10/h10H,2-3H2,1H3,(H2,6,8)(H,7,9). The minimum Gasteiger partial charge on any atom is -0.409 e. The number of hydrogen-bond acceptors (Lipinski definition) is 5. The summed E-state index contributed by atoms with van der Waals surface area (Å²) < 4.78 is 21.2. The van der Waals surface area contributed by atoms with E-state index in [2.05, 4.69) is 10.5 Å². The number of nitrogens with one attached hydrogen (secondary N) is 1. The van der Waals surface area contributed by atoms with Crippen molar-refractivity contribution >= 4 is 21.6 Å². The maximum absolute atomic E-state index is 10.8. The molecule has 0 bridgehead atoms. The Morgan fingerprint density at radius 1 is 1.62 bits per heavy atom. The van der Waals surface area contributed by atoms with E-state index in [1.165, 1.54) is 0 Å². The summed E-state index contributed by atoms with van der Waals surface area (Å²) in [5, 5.41) is 12.8. The van der Waals surface area contributed by atoms with Crippen LogP contribution in [0.1, 0.15) is 0 Å². The Morgan fingerprint density at radius 2 is 2.15 bits per heavy atom. The van der Waals surface area contributed by atoms with E-state index in [9.17, 15) is 13.2 Å². The summed E-state index contributed by atoms with van der Waals surface area (Å²) in [5.74, 6) is -1.48. The molecular formula is C5H11N3O4S. The fourth-order valence-corrected chi connectivity index (χ4v) is 1.09. The first-order chi connectivity index (χ1) is 5.85. The molecule has 0 radical (unpaired) electrons. The third kappa shape index (κ3) is 7.06. The van der Waals surface area contributed by atoms with Gasteiger partial charge in [-0.05, 0) is 0 Å². The molecule has 0 aliphatic rings. The summed E-state index contributed by atoms with van der Waals surface area (Å²) in [6.07, 6.45) is 0.941. The Labute approximate surface area is 75.5 Å². The topological polar surface area (TPSA) is 122 Å². The number of nitrogens with zero attached hydrogens (tertiary/aromatic N) is 1. The van der Waals surface area contributed by atoms with Crippen molar-refractivity contribution in [2.45, 2.75) is 0 Å². The normalized spacial score (nSPS) is 12.5. The maximum atomic E-state index is 10.8. The predicted octanol–water partition coefficient (Wildman–Crippen LogP) is -2.11. The molecule has 13 heavy (non-hydrogen) atoms. The molecule has 0 unspecified atom stereocenters. The molecule has 0 saturated carbocycles. The van der Waals surface area contributed by atoms with Crippen molar-refractivity contribution < 1.29 is 18.4 Å². The van der Waals surface area contributed by atoms with Crippen LogP contribution in [-0.2, 0) is 14.6 Å².